The molecule has 1 radical (unpaired) electrons. The van der Waals surface area contributed by atoms with Gasteiger partial charge in [0.25, 0.3) is 0 Å². The van der Waals surface area contributed by atoms with Crippen LogP contribution in [0.5, 0.6) is 0 Å². The third-order valence-corrected chi connectivity index (χ3v) is 4.35. The molecule has 0 unspecified atom stereocenters. The molecule has 25 heavy (non-hydrogen) atoms. The Kier molecular flexibility index (Phi) is 9.58. The summed E-state index contributed by atoms with van der Waals surface area (Å²) in [7, 11) is -16.2. The van der Waals surface area contributed by atoms with Gasteiger partial charge in [0.05, 0.1) is 0 Å². The van der Waals surface area contributed by atoms with Gasteiger partial charge in [-0.25, -0.2) is 13.7 Å². The average molecular weight is 443 g/mol. The molecule has 0 aromatic heterocycles. The number of hydrogen-bond donors (Lipinski definition) is 9. The van der Waals surface area contributed by atoms with Crippen molar-refractivity contribution in [2.45, 2.75) is 36.6 Å². The maximum Gasteiger partial charge on any atom is 0.470 e. The van der Waals surface area contributed by atoms with Crippen molar-refractivity contribution in [3.63, 3.8) is 0 Å². The summed E-state index contributed by atoms with van der Waals surface area (Å²) in [5.74, 6) is 0. The molecular weight excluding hydrogens is 428 g/mol. The van der Waals surface area contributed by atoms with Gasteiger partial charge in [0.1, 0.15) is 36.6 Å². The van der Waals surface area contributed by atoms with E-state index in [0.29, 0.717) is 0 Å². The summed E-state index contributed by atoms with van der Waals surface area (Å²) < 4.78 is 44.7. The average Bonchev–Trinajstić information content (AvgIpc) is 2.32. The zero-order chi connectivity index (χ0) is 19.1. The zero-order valence-electron chi connectivity index (χ0n) is 12.3. The van der Waals surface area contributed by atoms with Crippen LogP contribution in [0.25, 0.3) is 0 Å². The van der Waals surface area contributed by atoms with Gasteiger partial charge in [0, 0.05) is 29.6 Å². The third-order valence-electron chi connectivity index (χ3n) is 2.80. The molecule has 0 spiro atoms. The summed E-state index contributed by atoms with van der Waals surface area (Å²) in [5.41, 5.74) is 0. The van der Waals surface area contributed by atoms with Gasteiger partial charge >= 0.3 is 23.5 Å². The van der Waals surface area contributed by atoms with E-state index in [-0.39, 0.29) is 29.6 Å². The van der Waals surface area contributed by atoms with Crippen LogP contribution in [0, 0.1) is 0 Å². The van der Waals surface area contributed by atoms with Gasteiger partial charge in [-0.3, -0.25) is 13.6 Å². The van der Waals surface area contributed by atoms with Gasteiger partial charge in [-0.1, -0.05) is 0 Å². The van der Waals surface area contributed by atoms with Crippen LogP contribution in [-0.2, 0) is 27.3 Å². The summed E-state index contributed by atoms with van der Waals surface area (Å²) in [5, 5.41) is 29.3. The third kappa shape index (κ3) is 8.40. The van der Waals surface area contributed by atoms with Crippen molar-refractivity contribution in [3.8, 4) is 0 Å². The molecule has 1 rings (SSSR count). The van der Waals surface area contributed by atoms with Gasteiger partial charge in [0.15, 0.2) is 0 Å². The molecule has 1 fully saturated rings. The summed E-state index contributed by atoms with van der Waals surface area (Å²) in [6, 6.07) is 0. The van der Waals surface area contributed by atoms with E-state index in [2.05, 4.69) is 13.6 Å². The second-order valence-electron chi connectivity index (χ2n) is 4.65. The molecular formula is C6H15NaO15P3. The zero-order valence-corrected chi connectivity index (χ0v) is 17.0. The Hall–Kier alpha value is 1.21. The molecule has 0 aromatic rings. The van der Waals surface area contributed by atoms with Crippen LogP contribution in [0.3, 0.4) is 0 Å². The van der Waals surface area contributed by atoms with E-state index in [9.17, 15) is 29.0 Å². The van der Waals surface area contributed by atoms with Gasteiger partial charge < -0.3 is 44.7 Å². The molecule has 0 bridgehead atoms. The van der Waals surface area contributed by atoms with Crippen molar-refractivity contribution in [2.24, 2.45) is 0 Å². The number of phosphoric acid groups is 3. The first-order chi connectivity index (χ1) is 10.5. The SMILES string of the molecule is O=P(O)(O)O[C@@H]1[C@H](O)[C@H](O)[C@@H](OP(=O)(O)O)[C@H](OP(=O)(O)O)[C@H]1O.[Na]. The Morgan fingerprint density at radius 3 is 1.08 bits per heavy atom. The van der Waals surface area contributed by atoms with E-state index in [1.165, 1.54) is 0 Å². The Bertz CT molecular complexity index is 580. The second-order valence-corrected chi connectivity index (χ2v) is 8.23. The van der Waals surface area contributed by atoms with Crippen LogP contribution in [0.1, 0.15) is 0 Å². The summed E-state index contributed by atoms with van der Waals surface area (Å²) in [4.78, 5) is 52.4. The summed E-state index contributed by atoms with van der Waals surface area (Å²) >= 11 is 0. The summed E-state index contributed by atoms with van der Waals surface area (Å²) in [6.07, 6.45) is -14.3. The van der Waals surface area contributed by atoms with E-state index in [1.54, 1.807) is 0 Å². The number of rotatable bonds is 6. The Balaban J connectivity index is 0.00000576. The topological polar surface area (TPSA) is 261 Å². The van der Waals surface area contributed by atoms with Gasteiger partial charge in [-0.15, -0.1) is 0 Å². The minimum Gasteiger partial charge on any atom is -0.387 e. The van der Waals surface area contributed by atoms with Gasteiger partial charge in [-0.05, 0) is 0 Å². The molecule has 1 saturated carbocycles. The maximum atomic E-state index is 10.9. The van der Waals surface area contributed by atoms with Crippen molar-refractivity contribution in [2.75, 3.05) is 0 Å². The predicted octanol–water partition coefficient (Wildman–Crippen LogP) is -3.86. The molecule has 0 heterocycles. The molecule has 0 aliphatic heterocycles. The van der Waals surface area contributed by atoms with Crippen molar-refractivity contribution in [3.05, 3.63) is 0 Å². The van der Waals surface area contributed by atoms with E-state index < -0.39 is 60.1 Å². The first-order valence-corrected chi connectivity index (χ1v) is 10.4. The van der Waals surface area contributed by atoms with Crippen molar-refractivity contribution in [1.82, 2.24) is 0 Å². The first-order valence-electron chi connectivity index (χ1n) is 5.78. The molecule has 19 heteroatoms. The van der Waals surface area contributed by atoms with Crippen molar-refractivity contribution in [1.29, 1.82) is 0 Å². The van der Waals surface area contributed by atoms with Crippen LogP contribution >= 0.6 is 23.5 Å². The Morgan fingerprint density at radius 2 is 0.760 bits per heavy atom. The number of aliphatic hydroxyl groups is 3. The fraction of sp³-hybridized carbons (Fsp3) is 1.00. The quantitative estimate of drug-likeness (QED) is 0.140. The molecule has 0 aromatic carbocycles. The Morgan fingerprint density at radius 1 is 0.520 bits per heavy atom. The van der Waals surface area contributed by atoms with Gasteiger partial charge in [0.2, 0.25) is 0 Å². The smallest absolute Gasteiger partial charge is 0.387 e. The van der Waals surface area contributed by atoms with E-state index in [4.69, 9.17) is 29.4 Å². The Labute approximate surface area is 161 Å². The molecule has 0 amide bonds. The van der Waals surface area contributed by atoms with Crippen LogP contribution in [0.2, 0.25) is 0 Å². The first kappa shape index (κ1) is 26.2. The van der Waals surface area contributed by atoms with Crippen LogP contribution < -0.4 is 0 Å². The molecule has 1 aliphatic carbocycles. The van der Waals surface area contributed by atoms with Gasteiger partial charge in [-0.2, -0.15) is 0 Å². The largest absolute Gasteiger partial charge is 0.470 e. The molecule has 9 N–H and O–H groups in total. The van der Waals surface area contributed by atoms with E-state index >= 15 is 0 Å². The molecule has 6 atom stereocenters. The standard InChI is InChI=1S/C6H15O15P3.Na/c7-1-2(8)5(20-23(13,14)15)6(21-24(16,17)18)3(9)4(1)19-22(10,11)12;/h1-9H,(H2,10,11,12)(H2,13,14,15)(H2,16,17,18);/t1-,2+,3+,4-,5-,6-;/m1./s1. The number of hydrogen-bond acceptors (Lipinski definition) is 9. The normalized spacial score (nSPS) is 34.4. The summed E-state index contributed by atoms with van der Waals surface area (Å²) in [6.45, 7) is 0. The van der Waals surface area contributed by atoms with Crippen LogP contribution in [0.15, 0.2) is 0 Å². The fourth-order valence-corrected chi connectivity index (χ4v) is 3.70. The van der Waals surface area contributed by atoms with Crippen molar-refractivity contribution < 1.29 is 71.9 Å². The molecule has 0 saturated heterocycles. The number of phosphoric ester groups is 3. The second kappa shape index (κ2) is 9.14. The minimum absolute atomic E-state index is 0. The molecule has 1 aliphatic rings. The van der Waals surface area contributed by atoms with Crippen LogP contribution in [-0.4, -0.2) is 111 Å². The fourth-order valence-electron chi connectivity index (χ4n) is 2.01. The molecule has 145 valence electrons. The maximum absolute atomic E-state index is 10.9. The predicted molar refractivity (Wildman–Crippen MR) is 74.5 cm³/mol. The molecule has 15 nitrogen and oxygen atoms in total. The van der Waals surface area contributed by atoms with E-state index in [1.807, 2.05) is 0 Å². The van der Waals surface area contributed by atoms with Crippen LogP contribution in [0.4, 0.5) is 0 Å². The van der Waals surface area contributed by atoms with Crippen molar-refractivity contribution >= 4 is 53.0 Å². The number of aliphatic hydroxyl groups excluding tert-OH is 3. The van der Waals surface area contributed by atoms with E-state index in [0.717, 1.165) is 0 Å². The minimum atomic E-state index is -5.43. The monoisotopic (exact) mass is 443 g/mol.